The van der Waals surface area contributed by atoms with E-state index in [9.17, 15) is 4.79 Å². The molecule has 12 heavy (non-hydrogen) atoms. The minimum absolute atomic E-state index is 0.0200. The molecule has 0 aromatic heterocycles. The van der Waals surface area contributed by atoms with Gasteiger partial charge in [-0.2, -0.15) is 0 Å². The van der Waals surface area contributed by atoms with Crippen LogP contribution in [0.2, 0.25) is 0 Å². The molecule has 0 aliphatic heterocycles. The van der Waals surface area contributed by atoms with Crippen molar-refractivity contribution in [3.63, 3.8) is 0 Å². The summed E-state index contributed by atoms with van der Waals surface area (Å²) in [5, 5.41) is 0. The second-order valence-electron chi connectivity index (χ2n) is 4.14. The average molecular weight is 170 g/mol. The molecule has 0 saturated heterocycles. The predicted octanol–water partition coefficient (Wildman–Crippen LogP) is 2.23. The van der Waals surface area contributed by atoms with E-state index in [0.717, 1.165) is 12.8 Å². The number of rotatable bonds is 1. The molecule has 1 fully saturated rings. The first-order valence-corrected chi connectivity index (χ1v) is 4.71. The van der Waals surface area contributed by atoms with Gasteiger partial charge in [0.05, 0.1) is 13.0 Å². The Hall–Kier alpha value is -0.530. The van der Waals surface area contributed by atoms with Crippen LogP contribution in [0.1, 0.15) is 33.1 Å². The zero-order valence-corrected chi connectivity index (χ0v) is 8.17. The van der Waals surface area contributed by atoms with Crippen molar-refractivity contribution in [2.45, 2.75) is 33.1 Å². The third kappa shape index (κ3) is 2.23. The first kappa shape index (κ1) is 9.56. The highest BCUT2D eigenvalue weighted by Gasteiger charge is 2.29. The normalized spacial score (nSPS) is 36.1. The van der Waals surface area contributed by atoms with E-state index in [4.69, 9.17) is 4.74 Å². The highest BCUT2D eigenvalue weighted by atomic mass is 16.5. The van der Waals surface area contributed by atoms with Gasteiger partial charge in [-0.25, -0.2) is 0 Å². The molecule has 0 heterocycles. The Balaban J connectivity index is 2.49. The van der Waals surface area contributed by atoms with Gasteiger partial charge in [-0.15, -0.1) is 0 Å². The SMILES string of the molecule is COC(=O)C1C[C@@H](C)C[C@@H](C)C1. The van der Waals surface area contributed by atoms with E-state index in [-0.39, 0.29) is 11.9 Å². The van der Waals surface area contributed by atoms with Crippen molar-refractivity contribution in [3.8, 4) is 0 Å². The second-order valence-corrected chi connectivity index (χ2v) is 4.14. The van der Waals surface area contributed by atoms with Gasteiger partial charge in [-0.1, -0.05) is 13.8 Å². The number of esters is 1. The summed E-state index contributed by atoms with van der Waals surface area (Å²) in [7, 11) is 1.48. The molecule has 1 aliphatic rings. The maximum absolute atomic E-state index is 11.2. The van der Waals surface area contributed by atoms with Crippen molar-refractivity contribution in [1.29, 1.82) is 0 Å². The maximum atomic E-state index is 11.2. The highest BCUT2D eigenvalue weighted by molar-refractivity contribution is 5.72. The Kier molecular flexibility index (Phi) is 3.12. The molecule has 0 N–H and O–H groups in total. The summed E-state index contributed by atoms with van der Waals surface area (Å²) in [4.78, 5) is 11.2. The number of carbonyl (C=O) groups is 1. The van der Waals surface area contributed by atoms with Crippen molar-refractivity contribution in [2.75, 3.05) is 7.11 Å². The monoisotopic (exact) mass is 170 g/mol. The molecule has 0 aromatic carbocycles. The summed E-state index contributed by atoms with van der Waals surface area (Å²) in [5.41, 5.74) is 0. The van der Waals surface area contributed by atoms with Gasteiger partial charge in [-0.3, -0.25) is 4.79 Å². The summed E-state index contributed by atoms with van der Waals surface area (Å²) in [6.45, 7) is 4.43. The Morgan fingerprint density at radius 2 is 1.67 bits per heavy atom. The molecular weight excluding hydrogens is 152 g/mol. The molecule has 1 unspecified atom stereocenters. The number of carbonyl (C=O) groups excluding carboxylic acids is 1. The van der Waals surface area contributed by atoms with E-state index in [1.54, 1.807) is 0 Å². The van der Waals surface area contributed by atoms with Crippen molar-refractivity contribution in [3.05, 3.63) is 0 Å². The van der Waals surface area contributed by atoms with E-state index < -0.39 is 0 Å². The minimum atomic E-state index is -0.0200. The van der Waals surface area contributed by atoms with E-state index >= 15 is 0 Å². The zero-order valence-electron chi connectivity index (χ0n) is 8.17. The van der Waals surface area contributed by atoms with Gasteiger partial charge in [0.15, 0.2) is 0 Å². The number of methoxy groups -OCH3 is 1. The van der Waals surface area contributed by atoms with Crippen LogP contribution in [0.5, 0.6) is 0 Å². The van der Waals surface area contributed by atoms with Crippen molar-refractivity contribution in [2.24, 2.45) is 17.8 Å². The third-order valence-corrected chi connectivity index (χ3v) is 2.71. The fourth-order valence-corrected chi connectivity index (χ4v) is 2.31. The first-order valence-electron chi connectivity index (χ1n) is 4.71. The molecule has 0 amide bonds. The predicted molar refractivity (Wildman–Crippen MR) is 47.7 cm³/mol. The topological polar surface area (TPSA) is 26.3 Å². The van der Waals surface area contributed by atoms with Gasteiger partial charge in [-0.05, 0) is 31.1 Å². The Bertz CT molecular complexity index is 155. The second kappa shape index (κ2) is 3.92. The summed E-state index contributed by atoms with van der Waals surface area (Å²) >= 11 is 0. The van der Waals surface area contributed by atoms with Crippen LogP contribution in [0, 0.1) is 17.8 Å². The van der Waals surface area contributed by atoms with Crippen LogP contribution in [-0.4, -0.2) is 13.1 Å². The highest BCUT2D eigenvalue weighted by Crippen LogP contribution is 2.33. The minimum Gasteiger partial charge on any atom is -0.469 e. The lowest BCUT2D eigenvalue weighted by Crippen LogP contribution is -2.26. The number of hydrogen-bond donors (Lipinski definition) is 0. The van der Waals surface area contributed by atoms with Crippen LogP contribution in [0.25, 0.3) is 0 Å². The first-order chi connectivity index (χ1) is 5.63. The van der Waals surface area contributed by atoms with Gasteiger partial charge in [0.1, 0.15) is 0 Å². The average Bonchev–Trinajstić information content (AvgIpc) is 2.01. The van der Waals surface area contributed by atoms with Gasteiger partial charge < -0.3 is 4.74 Å². The van der Waals surface area contributed by atoms with Crippen LogP contribution in [0.15, 0.2) is 0 Å². The Morgan fingerprint density at radius 1 is 1.17 bits per heavy atom. The molecule has 2 heteroatoms. The molecule has 0 spiro atoms. The summed E-state index contributed by atoms with van der Waals surface area (Å²) in [6.07, 6.45) is 3.28. The Morgan fingerprint density at radius 3 is 2.08 bits per heavy atom. The molecular formula is C10H18O2. The van der Waals surface area contributed by atoms with Crippen molar-refractivity contribution in [1.82, 2.24) is 0 Å². The van der Waals surface area contributed by atoms with E-state index in [1.165, 1.54) is 13.5 Å². The third-order valence-electron chi connectivity index (χ3n) is 2.71. The van der Waals surface area contributed by atoms with Crippen LogP contribution in [0.4, 0.5) is 0 Å². The van der Waals surface area contributed by atoms with E-state index in [1.807, 2.05) is 0 Å². The van der Waals surface area contributed by atoms with Gasteiger partial charge >= 0.3 is 5.97 Å². The molecule has 1 saturated carbocycles. The smallest absolute Gasteiger partial charge is 0.308 e. The fraction of sp³-hybridized carbons (Fsp3) is 0.900. The standard InChI is InChI=1S/C10H18O2/c1-7-4-8(2)6-9(5-7)10(11)12-3/h7-9H,4-6H2,1-3H3/t7-,8+,9?. The van der Waals surface area contributed by atoms with Gasteiger partial charge in [0.2, 0.25) is 0 Å². The summed E-state index contributed by atoms with van der Waals surface area (Å²) in [6, 6.07) is 0. The fourth-order valence-electron chi connectivity index (χ4n) is 2.31. The quantitative estimate of drug-likeness (QED) is 0.564. The zero-order chi connectivity index (χ0) is 9.14. The largest absolute Gasteiger partial charge is 0.469 e. The summed E-state index contributed by atoms with van der Waals surface area (Å²) in [5.74, 6) is 1.50. The molecule has 1 aliphatic carbocycles. The van der Waals surface area contributed by atoms with Crippen molar-refractivity contribution < 1.29 is 9.53 Å². The molecule has 0 radical (unpaired) electrons. The molecule has 0 aromatic rings. The maximum Gasteiger partial charge on any atom is 0.308 e. The van der Waals surface area contributed by atoms with Gasteiger partial charge in [0, 0.05) is 0 Å². The molecule has 3 atom stereocenters. The molecule has 2 nitrogen and oxygen atoms in total. The molecule has 70 valence electrons. The van der Waals surface area contributed by atoms with Crippen molar-refractivity contribution >= 4 is 5.97 Å². The molecule has 1 rings (SSSR count). The van der Waals surface area contributed by atoms with E-state index in [0.29, 0.717) is 11.8 Å². The van der Waals surface area contributed by atoms with E-state index in [2.05, 4.69) is 13.8 Å². The van der Waals surface area contributed by atoms with Crippen LogP contribution < -0.4 is 0 Å². The lowest BCUT2D eigenvalue weighted by molar-refractivity contribution is -0.147. The Labute approximate surface area is 74.3 Å². The number of hydrogen-bond acceptors (Lipinski definition) is 2. The van der Waals surface area contributed by atoms with Crippen LogP contribution >= 0.6 is 0 Å². The lowest BCUT2D eigenvalue weighted by Gasteiger charge is -2.29. The van der Waals surface area contributed by atoms with Crippen LogP contribution in [0.3, 0.4) is 0 Å². The van der Waals surface area contributed by atoms with Crippen LogP contribution in [-0.2, 0) is 9.53 Å². The summed E-state index contributed by atoms with van der Waals surface area (Å²) < 4.78 is 4.75. The lowest BCUT2D eigenvalue weighted by atomic mass is 9.77. The number of ether oxygens (including phenoxy) is 1. The van der Waals surface area contributed by atoms with Gasteiger partial charge in [0.25, 0.3) is 0 Å². The molecule has 0 bridgehead atoms.